The van der Waals surface area contributed by atoms with Gasteiger partial charge in [0.2, 0.25) is 0 Å². The number of benzene rings is 1. The van der Waals surface area contributed by atoms with E-state index in [1.165, 1.54) is 0 Å². The zero-order valence-corrected chi connectivity index (χ0v) is 9.06. The van der Waals surface area contributed by atoms with Crippen molar-refractivity contribution in [1.29, 1.82) is 0 Å². The summed E-state index contributed by atoms with van der Waals surface area (Å²) in [5.41, 5.74) is 6.67. The molecule has 2 saturated carbocycles. The zero-order chi connectivity index (χ0) is 11.2. The van der Waals surface area contributed by atoms with E-state index in [9.17, 15) is 4.79 Å². The highest BCUT2D eigenvalue weighted by atomic mass is 16.5. The Morgan fingerprint density at radius 1 is 1.31 bits per heavy atom. The van der Waals surface area contributed by atoms with E-state index in [4.69, 9.17) is 10.5 Å². The lowest BCUT2D eigenvalue weighted by Crippen LogP contribution is -2.25. The second-order valence-electron chi connectivity index (χ2n) is 4.97. The summed E-state index contributed by atoms with van der Waals surface area (Å²) in [6, 6.07) is 9.11. The van der Waals surface area contributed by atoms with Crippen molar-refractivity contribution in [3.63, 3.8) is 0 Å². The molecule has 84 valence electrons. The molecule has 0 aliphatic heterocycles. The predicted octanol–water partition coefficient (Wildman–Crippen LogP) is 1.72. The quantitative estimate of drug-likeness (QED) is 0.767. The largest absolute Gasteiger partial charge is 0.459 e. The summed E-state index contributed by atoms with van der Waals surface area (Å²) in [5, 5.41) is 0. The van der Waals surface area contributed by atoms with Crippen LogP contribution in [0.15, 0.2) is 30.3 Å². The molecule has 3 rings (SSSR count). The van der Waals surface area contributed by atoms with E-state index in [-0.39, 0.29) is 17.6 Å². The molecule has 2 fully saturated rings. The first-order valence-corrected chi connectivity index (χ1v) is 5.72. The maximum absolute atomic E-state index is 11.8. The summed E-state index contributed by atoms with van der Waals surface area (Å²) in [5.74, 6) is 0.358. The number of carbonyl (C=O) groups excluding carboxylic acids is 1. The summed E-state index contributed by atoms with van der Waals surface area (Å²) < 4.78 is 5.44. The Morgan fingerprint density at radius 2 is 2.06 bits per heavy atom. The average Bonchev–Trinajstić information content (AvgIpc) is 2.79. The fourth-order valence-corrected chi connectivity index (χ4v) is 2.68. The Bertz CT molecular complexity index is 417. The van der Waals surface area contributed by atoms with E-state index < -0.39 is 0 Å². The summed E-state index contributed by atoms with van der Waals surface area (Å²) in [7, 11) is 0. The van der Waals surface area contributed by atoms with Crippen LogP contribution >= 0.6 is 0 Å². The van der Waals surface area contributed by atoms with Crippen molar-refractivity contribution in [2.75, 3.05) is 0 Å². The molecule has 2 aliphatic carbocycles. The molecule has 0 heterocycles. The number of fused-ring (bicyclic) bond motifs is 1. The van der Waals surface area contributed by atoms with Crippen LogP contribution < -0.4 is 5.73 Å². The zero-order valence-electron chi connectivity index (χ0n) is 9.06. The summed E-state index contributed by atoms with van der Waals surface area (Å²) in [4.78, 5) is 11.8. The van der Waals surface area contributed by atoms with Gasteiger partial charge in [0.25, 0.3) is 0 Å². The van der Waals surface area contributed by atoms with E-state index in [1.807, 2.05) is 18.2 Å². The molecule has 3 atom stereocenters. The second kappa shape index (κ2) is 3.32. The van der Waals surface area contributed by atoms with Crippen LogP contribution in [-0.4, -0.2) is 17.6 Å². The third kappa shape index (κ3) is 1.61. The molecule has 1 aromatic carbocycles. The highest BCUT2D eigenvalue weighted by Gasteiger charge is 2.58. The lowest BCUT2D eigenvalue weighted by molar-refractivity contribution is 0.0288. The molecule has 2 aliphatic rings. The van der Waals surface area contributed by atoms with E-state index in [0.717, 1.165) is 19.3 Å². The van der Waals surface area contributed by atoms with Gasteiger partial charge in [0.15, 0.2) is 0 Å². The van der Waals surface area contributed by atoms with Crippen LogP contribution in [0, 0.1) is 5.92 Å². The number of carbonyl (C=O) groups is 1. The van der Waals surface area contributed by atoms with Gasteiger partial charge in [0.1, 0.15) is 6.10 Å². The van der Waals surface area contributed by atoms with Crippen molar-refractivity contribution in [3.05, 3.63) is 35.9 Å². The van der Waals surface area contributed by atoms with E-state index >= 15 is 0 Å². The number of hydrogen-bond donors (Lipinski definition) is 1. The van der Waals surface area contributed by atoms with Crippen molar-refractivity contribution in [2.45, 2.75) is 30.9 Å². The number of hydrogen-bond acceptors (Lipinski definition) is 3. The smallest absolute Gasteiger partial charge is 0.338 e. The number of esters is 1. The maximum Gasteiger partial charge on any atom is 0.338 e. The summed E-state index contributed by atoms with van der Waals surface area (Å²) in [6.45, 7) is 0. The SMILES string of the molecule is N[C@@]12C[C@@H](OC(=O)c3ccccc3)C[C@@H]1C2. The molecule has 0 unspecified atom stereocenters. The monoisotopic (exact) mass is 217 g/mol. The third-order valence-corrected chi connectivity index (χ3v) is 3.72. The van der Waals surface area contributed by atoms with Gasteiger partial charge in [-0.2, -0.15) is 0 Å². The van der Waals surface area contributed by atoms with Crippen molar-refractivity contribution in [2.24, 2.45) is 11.7 Å². The summed E-state index contributed by atoms with van der Waals surface area (Å²) in [6.07, 6.45) is 2.90. The van der Waals surface area contributed by atoms with Crippen LogP contribution in [0.1, 0.15) is 29.6 Å². The van der Waals surface area contributed by atoms with Crippen LogP contribution in [0.3, 0.4) is 0 Å². The van der Waals surface area contributed by atoms with E-state index in [2.05, 4.69) is 0 Å². The molecule has 0 spiro atoms. The standard InChI is InChI=1S/C13H15NO2/c14-13-7-10(13)6-11(8-13)16-12(15)9-4-2-1-3-5-9/h1-5,10-11H,6-8,14H2/t10-,11+,13+/m1/s1. The topological polar surface area (TPSA) is 52.3 Å². The molecule has 0 bridgehead atoms. The Balaban J connectivity index is 1.62. The highest BCUT2D eigenvalue weighted by Crippen LogP contribution is 2.54. The molecule has 0 aromatic heterocycles. The van der Waals surface area contributed by atoms with Crippen LogP contribution in [0.5, 0.6) is 0 Å². The van der Waals surface area contributed by atoms with Gasteiger partial charge < -0.3 is 10.5 Å². The van der Waals surface area contributed by atoms with Gasteiger partial charge >= 0.3 is 5.97 Å². The molecule has 3 heteroatoms. The summed E-state index contributed by atoms with van der Waals surface area (Å²) >= 11 is 0. The Hall–Kier alpha value is -1.35. The normalized spacial score (nSPS) is 35.6. The van der Waals surface area contributed by atoms with Gasteiger partial charge in [0, 0.05) is 12.0 Å². The molecule has 16 heavy (non-hydrogen) atoms. The molecular weight excluding hydrogens is 202 g/mol. The van der Waals surface area contributed by atoms with Crippen molar-refractivity contribution >= 4 is 5.97 Å². The number of nitrogens with two attached hydrogens (primary N) is 1. The molecule has 3 nitrogen and oxygen atoms in total. The fraction of sp³-hybridized carbons (Fsp3) is 0.462. The molecular formula is C13H15NO2. The highest BCUT2D eigenvalue weighted by molar-refractivity contribution is 5.89. The second-order valence-corrected chi connectivity index (χ2v) is 4.97. The minimum Gasteiger partial charge on any atom is -0.459 e. The minimum absolute atomic E-state index is 0.0123. The molecule has 0 amide bonds. The van der Waals surface area contributed by atoms with Gasteiger partial charge in [-0.15, -0.1) is 0 Å². The first-order valence-electron chi connectivity index (χ1n) is 5.72. The van der Waals surface area contributed by atoms with E-state index in [0.29, 0.717) is 11.5 Å². The lowest BCUT2D eigenvalue weighted by atomic mass is 10.1. The van der Waals surface area contributed by atoms with Gasteiger partial charge in [-0.25, -0.2) is 4.79 Å². The number of rotatable bonds is 2. The van der Waals surface area contributed by atoms with Gasteiger partial charge in [-0.1, -0.05) is 18.2 Å². The van der Waals surface area contributed by atoms with Crippen LogP contribution in [0.25, 0.3) is 0 Å². The molecule has 1 aromatic rings. The van der Waals surface area contributed by atoms with Gasteiger partial charge in [0.05, 0.1) is 5.56 Å². The average molecular weight is 217 g/mol. The Kier molecular flexibility index (Phi) is 2.04. The first kappa shape index (κ1) is 9.85. The van der Waals surface area contributed by atoms with Crippen LogP contribution in [0.2, 0.25) is 0 Å². The van der Waals surface area contributed by atoms with Crippen molar-refractivity contribution in [1.82, 2.24) is 0 Å². The molecule has 0 saturated heterocycles. The fourth-order valence-electron chi connectivity index (χ4n) is 2.68. The lowest BCUT2D eigenvalue weighted by Gasteiger charge is -2.14. The Labute approximate surface area is 94.6 Å². The van der Waals surface area contributed by atoms with Gasteiger partial charge in [-0.05, 0) is 30.9 Å². The Morgan fingerprint density at radius 3 is 2.69 bits per heavy atom. The maximum atomic E-state index is 11.8. The van der Waals surface area contributed by atoms with Crippen molar-refractivity contribution in [3.8, 4) is 0 Å². The van der Waals surface area contributed by atoms with E-state index in [1.54, 1.807) is 12.1 Å². The number of ether oxygens (including phenoxy) is 1. The minimum atomic E-state index is -0.226. The van der Waals surface area contributed by atoms with Crippen molar-refractivity contribution < 1.29 is 9.53 Å². The molecule has 0 radical (unpaired) electrons. The van der Waals surface area contributed by atoms with Crippen LogP contribution in [0.4, 0.5) is 0 Å². The van der Waals surface area contributed by atoms with Gasteiger partial charge in [-0.3, -0.25) is 0 Å². The van der Waals surface area contributed by atoms with Crippen LogP contribution in [-0.2, 0) is 4.74 Å². The predicted molar refractivity (Wildman–Crippen MR) is 59.9 cm³/mol. The first-order chi connectivity index (χ1) is 7.67. The third-order valence-electron chi connectivity index (χ3n) is 3.72. The molecule has 2 N–H and O–H groups in total.